The summed E-state index contributed by atoms with van der Waals surface area (Å²) in [4.78, 5) is 8.00. The fraction of sp³-hybridized carbons (Fsp3) is 0.304. The number of ether oxygens (including phenoxy) is 1. The number of fused-ring (bicyclic) bond motifs is 3. The summed E-state index contributed by atoms with van der Waals surface area (Å²) in [5.41, 5.74) is 5.86. The molecule has 0 fully saturated rings. The van der Waals surface area contributed by atoms with Crippen molar-refractivity contribution in [2.75, 3.05) is 0 Å². The van der Waals surface area contributed by atoms with Crippen molar-refractivity contribution in [1.82, 2.24) is 15.1 Å². The Labute approximate surface area is 176 Å². The van der Waals surface area contributed by atoms with Gasteiger partial charge in [-0.05, 0) is 73.2 Å². The van der Waals surface area contributed by atoms with Gasteiger partial charge in [0.15, 0.2) is 0 Å². The van der Waals surface area contributed by atoms with Crippen LogP contribution in [0.2, 0.25) is 0 Å². The van der Waals surface area contributed by atoms with Crippen molar-refractivity contribution in [3.8, 4) is 28.6 Å². The van der Waals surface area contributed by atoms with Crippen molar-refractivity contribution >= 4 is 10.9 Å². The smallest absolute Gasteiger partial charge is 0.406 e. The lowest BCUT2D eigenvalue weighted by molar-refractivity contribution is -0.274. The highest BCUT2D eigenvalue weighted by molar-refractivity contribution is 5.89. The standard InChI is InChI=1S/C23H20F3N3O2/c1-2-4-13-11-15(30-23(24,25)26)8-9-16(13)22-28-21(29-31-22)14-7-10-20-18(12-14)17-5-3-6-19(17)27-20/h7-12,27H,2-6H2,1H3. The van der Waals surface area contributed by atoms with Gasteiger partial charge in [-0.2, -0.15) is 4.98 Å². The monoisotopic (exact) mass is 427 g/mol. The number of aryl methyl sites for hydroxylation is 3. The molecule has 0 unspecified atom stereocenters. The second-order valence-corrected chi connectivity index (χ2v) is 7.74. The number of nitrogens with one attached hydrogen (secondary N) is 1. The summed E-state index contributed by atoms with van der Waals surface area (Å²) in [5, 5.41) is 5.30. The third-order valence-electron chi connectivity index (χ3n) is 5.59. The zero-order valence-electron chi connectivity index (χ0n) is 16.8. The van der Waals surface area contributed by atoms with Crippen molar-refractivity contribution in [3.05, 3.63) is 53.2 Å². The van der Waals surface area contributed by atoms with Gasteiger partial charge in [-0.3, -0.25) is 0 Å². The Kier molecular flexibility index (Phi) is 4.72. The molecule has 31 heavy (non-hydrogen) atoms. The number of H-pyrrole nitrogens is 1. The molecule has 8 heteroatoms. The lowest BCUT2D eigenvalue weighted by atomic mass is 10.0. The molecule has 0 spiro atoms. The SMILES string of the molecule is CCCc1cc(OC(F)(F)F)ccc1-c1nc(-c2ccc3[nH]c4c(c3c2)CCC4)no1. The highest BCUT2D eigenvalue weighted by Crippen LogP contribution is 2.34. The molecule has 0 saturated heterocycles. The van der Waals surface area contributed by atoms with Crippen LogP contribution in [0.4, 0.5) is 13.2 Å². The van der Waals surface area contributed by atoms with Gasteiger partial charge in [0, 0.05) is 27.7 Å². The summed E-state index contributed by atoms with van der Waals surface area (Å²) in [7, 11) is 0. The normalized spacial score (nSPS) is 13.7. The number of nitrogens with zero attached hydrogens (tertiary/aromatic N) is 2. The Hall–Kier alpha value is -3.29. The molecule has 5 nitrogen and oxygen atoms in total. The number of rotatable bonds is 5. The summed E-state index contributed by atoms with van der Waals surface area (Å²) < 4.78 is 47.3. The first-order valence-electron chi connectivity index (χ1n) is 10.3. The molecule has 1 aliphatic rings. The molecule has 1 aliphatic carbocycles. The van der Waals surface area contributed by atoms with Crippen LogP contribution in [0.5, 0.6) is 5.75 Å². The highest BCUT2D eigenvalue weighted by atomic mass is 19.4. The molecule has 160 valence electrons. The molecule has 2 aromatic heterocycles. The third-order valence-corrected chi connectivity index (χ3v) is 5.59. The third kappa shape index (κ3) is 3.78. The van der Waals surface area contributed by atoms with E-state index in [0.717, 1.165) is 36.8 Å². The van der Waals surface area contributed by atoms with Gasteiger partial charge in [0.2, 0.25) is 5.82 Å². The topological polar surface area (TPSA) is 63.9 Å². The van der Waals surface area contributed by atoms with Crippen LogP contribution in [0.3, 0.4) is 0 Å². The molecule has 4 aromatic rings. The van der Waals surface area contributed by atoms with Crippen molar-refractivity contribution < 1.29 is 22.4 Å². The van der Waals surface area contributed by atoms with Crippen molar-refractivity contribution in [2.24, 2.45) is 0 Å². The molecular formula is C23H20F3N3O2. The van der Waals surface area contributed by atoms with Crippen LogP contribution in [-0.2, 0) is 19.3 Å². The molecule has 0 amide bonds. The number of benzene rings is 2. The maximum atomic E-state index is 12.6. The van der Waals surface area contributed by atoms with E-state index in [1.54, 1.807) is 0 Å². The number of aromatic amines is 1. The number of hydrogen-bond acceptors (Lipinski definition) is 4. The van der Waals surface area contributed by atoms with Gasteiger partial charge in [-0.25, -0.2) is 0 Å². The summed E-state index contributed by atoms with van der Waals surface area (Å²) >= 11 is 0. The number of aromatic nitrogens is 3. The predicted octanol–water partition coefficient (Wildman–Crippen LogP) is 6.22. The summed E-state index contributed by atoms with van der Waals surface area (Å²) in [6.45, 7) is 1.95. The first-order valence-corrected chi connectivity index (χ1v) is 10.3. The quantitative estimate of drug-likeness (QED) is 0.410. The summed E-state index contributed by atoms with van der Waals surface area (Å²) in [6.07, 6.45) is -0.146. The number of hydrogen-bond donors (Lipinski definition) is 1. The van der Waals surface area contributed by atoms with Crippen molar-refractivity contribution in [3.63, 3.8) is 0 Å². The average Bonchev–Trinajstić information content (AvgIpc) is 3.43. The average molecular weight is 427 g/mol. The second-order valence-electron chi connectivity index (χ2n) is 7.74. The maximum absolute atomic E-state index is 12.6. The molecule has 0 atom stereocenters. The molecule has 2 heterocycles. The van der Waals surface area contributed by atoms with Gasteiger partial charge in [0.25, 0.3) is 5.89 Å². The molecule has 0 bridgehead atoms. The van der Waals surface area contributed by atoms with E-state index in [1.165, 1.54) is 34.8 Å². The molecule has 2 aromatic carbocycles. The Balaban J connectivity index is 1.49. The van der Waals surface area contributed by atoms with E-state index in [2.05, 4.69) is 25.9 Å². The van der Waals surface area contributed by atoms with Crippen LogP contribution in [0.1, 0.15) is 36.6 Å². The van der Waals surface area contributed by atoms with E-state index < -0.39 is 6.36 Å². The summed E-state index contributed by atoms with van der Waals surface area (Å²) in [5.74, 6) is 0.463. The van der Waals surface area contributed by atoms with Gasteiger partial charge < -0.3 is 14.2 Å². The number of halogens is 3. The molecule has 1 N–H and O–H groups in total. The van der Waals surface area contributed by atoms with Crippen molar-refractivity contribution in [2.45, 2.75) is 45.4 Å². The van der Waals surface area contributed by atoms with E-state index in [1.807, 2.05) is 19.1 Å². The second kappa shape index (κ2) is 7.44. The van der Waals surface area contributed by atoms with Gasteiger partial charge in [-0.1, -0.05) is 18.5 Å². The Morgan fingerprint density at radius 3 is 2.81 bits per heavy atom. The molecule has 5 rings (SSSR count). The van der Waals surface area contributed by atoms with Gasteiger partial charge in [0.1, 0.15) is 5.75 Å². The van der Waals surface area contributed by atoms with Crippen LogP contribution in [-0.4, -0.2) is 21.5 Å². The predicted molar refractivity (Wildman–Crippen MR) is 110 cm³/mol. The zero-order chi connectivity index (χ0) is 21.6. The fourth-order valence-electron chi connectivity index (χ4n) is 4.29. The maximum Gasteiger partial charge on any atom is 0.573 e. The Bertz CT molecular complexity index is 1260. The first kappa shape index (κ1) is 19.7. The fourth-order valence-corrected chi connectivity index (χ4v) is 4.29. The Morgan fingerprint density at radius 1 is 1.13 bits per heavy atom. The van der Waals surface area contributed by atoms with E-state index in [9.17, 15) is 13.2 Å². The van der Waals surface area contributed by atoms with E-state index in [4.69, 9.17) is 4.52 Å². The molecule has 0 aliphatic heterocycles. The largest absolute Gasteiger partial charge is 0.573 e. The van der Waals surface area contributed by atoms with Crippen LogP contribution in [0, 0.1) is 0 Å². The summed E-state index contributed by atoms with van der Waals surface area (Å²) in [6, 6.07) is 10.2. The van der Waals surface area contributed by atoms with E-state index >= 15 is 0 Å². The minimum atomic E-state index is -4.74. The van der Waals surface area contributed by atoms with Gasteiger partial charge in [-0.15, -0.1) is 13.2 Å². The van der Waals surface area contributed by atoms with E-state index in [0.29, 0.717) is 23.4 Å². The lowest BCUT2D eigenvalue weighted by Crippen LogP contribution is -2.17. The highest BCUT2D eigenvalue weighted by Gasteiger charge is 2.31. The van der Waals surface area contributed by atoms with Gasteiger partial charge >= 0.3 is 6.36 Å². The van der Waals surface area contributed by atoms with Crippen LogP contribution in [0.25, 0.3) is 33.7 Å². The molecular weight excluding hydrogens is 407 g/mol. The van der Waals surface area contributed by atoms with Crippen molar-refractivity contribution in [1.29, 1.82) is 0 Å². The lowest BCUT2D eigenvalue weighted by Gasteiger charge is -2.11. The Morgan fingerprint density at radius 2 is 2.00 bits per heavy atom. The molecule has 0 radical (unpaired) electrons. The zero-order valence-corrected chi connectivity index (χ0v) is 16.8. The van der Waals surface area contributed by atoms with Crippen LogP contribution in [0.15, 0.2) is 40.9 Å². The van der Waals surface area contributed by atoms with Crippen LogP contribution < -0.4 is 4.74 Å². The molecule has 0 saturated carbocycles. The van der Waals surface area contributed by atoms with E-state index in [-0.39, 0.29) is 11.6 Å². The van der Waals surface area contributed by atoms with Gasteiger partial charge in [0.05, 0.1) is 0 Å². The minimum Gasteiger partial charge on any atom is -0.406 e. The minimum absolute atomic E-state index is 0.258. The first-order chi connectivity index (χ1) is 14.9. The van der Waals surface area contributed by atoms with Crippen LogP contribution >= 0.6 is 0 Å². The number of alkyl halides is 3.